The van der Waals surface area contributed by atoms with Crippen molar-refractivity contribution in [2.45, 2.75) is 6.04 Å². The van der Waals surface area contributed by atoms with Gasteiger partial charge in [-0.3, -0.25) is 4.79 Å². The van der Waals surface area contributed by atoms with Gasteiger partial charge >= 0.3 is 0 Å². The van der Waals surface area contributed by atoms with Crippen LogP contribution in [0.4, 0.5) is 5.69 Å². The van der Waals surface area contributed by atoms with Crippen LogP contribution in [0.1, 0.15) is 0 Å². The van der Waals surface area contributed by atoms with Crippen LogP contribution in [0.3, 0.4) is 0 Å². The van der Waals surface area contributed by atoms with Gasteiger partial charge < -0.3 is 15.8 Å². The van der Waals surface area contributed by atoms with Gasteiger partial charge in [-0.1, -0.05) is 15.9 Å². The highest BCUT2D eigenvalue weighted by molar-refractivity contribution is 9.11. The van der Waals surface area contributed by atoms with Crippen LogP contribution in [0.25, 0.3) is 0 Å². The van der Waals surface area contributed by atoms with Crippen molar-refractivity contribution < 1.29 is 9.53 Å². The molecule has 0 radical (unpaired) electrons. The number of ether oxygens (including phenoxy) is 1. The Morgan fingerprint density at radius 3 is 2.76 bits per heavy atom. The van der Waals surface area contributed by atoms with E-state index in [9.17, 15) is 4.79 Å². The molecule has 1 amide bonds. The summed E-state index contributed by atoms with van der Waals surface area (Å²) < 4.78 is 6.95. The van der Waals surface area contributed by atoms with Gasteiger partial charge in [0.15, 0.2) is 0 Å². The monoisotopic (exact) mass is 362 g/mol. The predicted octanol–water partition coefficient (Wildman–Crippen LogP) is 2.12. The molecule has 2 rings (SSSR count). The Morgan fingerprint density at radius 2 is 2.18 bits per heavy atom. The number of nitrogens with one attached hydrogen (secondary N) is 1. The van der Waals surface area contributed by atoms with Gasteiger partial charge in [-0.25, -0.2) is 0 Å². The molecular weight excluding hydrogens is 352 g/mol. The fraction of sp³-hybridized carbons (Fsp3) is 0.364. The minimum Gasteiger partial charge on any atom is -0.379 e. The highest BCUT2D eigenvalue weighted by Crippen LogP contribution is 2.27. The maximum atomic E-state index is 12.0. The normalized spacial score (nSPS) is 23.7. The second kappa shape index (κ2) is 5.48. The van der Waals surface area contributed by atoms with E-state index in [4.69, 9.17) is 10.5 Å². The van der Waals surface area contributed by atoms with Gasteiger partial charge in [0, 0.05) is 15.0 Å². The zero-order chi connectivity index (χ0) is 12.4. The first kappa shape index (κ1) is 13.0. The van der Waals surface area contributed by atoms with Gasteiger partial charge in [-0.2, -0.15) is 0 Å². The molecule has 2 unspecified atom stereocenters. The van der Waals surface area contributed by atoms with Gasteiger partial charge in [-0.05, 0) is 34.1 Å². The minimum absolute atomic E-state index is 0.0991. The summed E-state index contributed by atoms with van der Waals surface area (Å²) in [7, 11) is 0. The topological polar surface area (TPSA) is 64.3 Å². The number of halogens is 2. The Morgan fingerprint density at radius 1 is 1.41 bits per heavy atom. The predicted molar refractivity (Wildman–Crippen MR) is 72.8 cm³/mol. The number of amides is 1. The van der Waals surface area contributed by atoms with E-state index in [1.54, 1.807) is 0 Å². The van der Waals surface area contributed by atoms with Crippen LogP contribution in [0.2, 0.25) is 0 Å². The fourth-order valence-corrected chi connectivity index (χ4v) is 2.80. The molecule has 1 aromatic rings. The molecular formula is C11H12Br2N2O2. The van der Waals surface area contributed by atoms with Gasteiger partial charge in [0.05, 0.1) is 24.8 Å². The summed E-state index contributed by atoms with van der Waals surface area (Å²) in [5, 5.41) is 2.84. The third-order valence-corrected chi connectivity index (χ3v) is 3.80. The average molecular weight is 364 g/mol. The van der Waals surface area contributed by atoms with Crippen molar-refractivity contribution in [3.8, 4) is 0 Å². The molecule has 1 saturated heterocycles. The molecule has 4 nitrogen and oxygen atoms in total. The number of hydrogen-bond donors (Lipinski definition) is 2. The standard InChI is InChI=1S/C11H12Br2N2O2/c12-6-1-2-10(8(13)3-6)15-11(16)7-4-17-5-9(7)14/h1-3,7,9H,4-5,14H2,(H,15,16). The van der Waals surface area contributed by atoms with E-state index in [0.29, 0.717) is 13.2 Å². The van der Waals surface area contributed by atoms with Crippen LogP contribution in [0, 0.1) is 5.92 Å². The van der Waals surface area contributed by atoms with Crippen LogP contribution in [-0.4, -0.2) is 25.2 Å². The zero-order valence-corrected chi connectivity index (χ0v) is 12.1. The van der Waals surface area contributed by atoms with Crippen molar-refractivity contribution in [3.63, 3.8) is 0 Å². The third kappa shape index (κ3) is 3.07. The van der Waals surface area contributed by atoms with Crippen LogP contribution in [-0.2, 0) is 9.53 Å². The van der Waals surface area contributed by atoms with E-state index in [-0.39, 0.29) is 17.9 Å². The fourth-order valence-electron chi connectivity index (χ4n) is 1.66. The molecule has 92 valence electrons. The third-order valence-electron chi connectivity index (χ3n) is 2.65. The molecule has 0 saturated carbocycles. The molecule has 0 spiro atoms. The summed E-state index contributed by atoms with van der Waals surface area (Å²) >= 11 is 6.75. The van der Waals surface area contributed by atoms with Crippen LogP contribution in [0.5, 0.6) is 0 Å². The molecule has 3 N–H and O–H groups in total. The summed E-state index contributed by atoms with van der Waals surface area (Å²) in [6.07, 6.45) is 0. The Kier molecular flexibility index (Phi) is 4.19. The number of anilines is 1. The second-order valence-electron chi connectivity index (χ2n) is 3.92. The lowest BCUT2D eigenvalue weighted by Crippen LogP contribution is -2.37. The molecule has 6 heteroatoms. The maximum absolute atomic E-state index is 12.0. The van der Waals surface area contributed by atoms with Crippen molar-refractivity contribution in [2.24, 2.45) is 11.7 Å². The highest BCUT2D eigenvalue weighted by Gasteiger charge is 2.31. The maximum Gasteiger partial charge on any atom is 0.231 e. The van der Waals surface area contributed by atoms with E-state index in [2.05, 4.69) is 37.2 Å². The van der Waals surface area contributed by atoms with Gasteiger partial charge in [0.25, 0.3) is 0 Å². The summed E-state index contributed by atoms with van der Waals surface area (Å²) in [5.74, 6) is -0.372. The van der Waals surface area contributed by atoms with Crippen LogP contribution < -0.4 is 11.1 Å². The molecule has 1 aliphatic heterocycles. The second-order valence-corrected chi connectivity index (χ2v) is 5.69. The molecule has 1 aliphatic rings. The Bertz CT molecular complexity index is 439. The molecule has 0 aliphatic carbocycles. The number of benzene rings is 1. The number of nitrogens with two attached hydrogens (primary N) is 1. The van der Waals surface area contributed by atoms with Gasteiger partial charge in [0.2, 0.25) is 5.91 Å². The van der Waals surface area contributed by atoms with Crippen molar-refractivity contribution in [3.05, 3.63) is 27.1 Å². The lowest BCUT2D eigenvalue weighted by Gasteiger charge is -2.14. The summed E-state index contributed by atoms with van der Waals surface area (Å²) in [6, 6.07) is 5.35. The number of carbonyl (C=O) groups excluding carboxylic acids is 1. The SMILES string of the molecule is NC1COCC1C(=O)Nc1ccc(Br)cc1Br. The lowest BCUT2D eigenvalue weighted by molar-refractivity contribution is -0.120. The van der Waals surface area contributed by atoms with E-state index in [1.807, 2.05) is 18.2 Å². The molecule has 1 aromatic carbocycles. The molecule has 17 heavy (non-hydrogen) atoms. The van der Waals surface area contributed by atoms with E-state index >= 15 is 0 Å². The van der Waals surface area contributed by atoms with Crippen molar-refractivity contribution >= 4 is 43.5 Å². The van der Waals surface area contributed by atoms with E-state index in [1.165, 1.54) is 0 Å². The molecule has 0 aromatic heterocycles. The lowest BCUT2D eigenvalue weighted by atomic mass is 10.0. The molecule has 1 heterocycles. The minimum atomic E-state index is -0.273. The van der Waals surface area contributed by atoms with Crippen LogP contribution >= 0.6 is 31.9 Å². The van der Waals surface area contributed by atoms with Crippen LogP contribution in [0.15, 0.2) is 27.1 Å². The van der Waals surface area contributed by atoms with E-state index < -0.39 is 0 Å². The molecule has 1 fully saturated rings. The Balaban J connectivity index is 2.07. The first-order valence-corrected chi connectivity index (χ1v) is 6.76. The first-order chi connectivity index (χ1) is 8.08. The summed E-state index contributed by atoms with van der Waals surface area (Å²) in [5.41, 5.74) is 6.52. The van der Waals surface area contributed by atoms with Crippen molar-refractivity contribution in [1.82, 2.24) is 0 Å². The van der Waals surface area contributed by atoms with Gasteiger partial charge in [0.1, 0.15) is 0 Å². The Labute approximate surface area is 116 Å². The quantitative estimate of drug-likeness (QED) is 0.845. The highest BCUT2D eigenvalue weighted by atomic mass is 79.9. The molecule has 0 bridgehead atoms. The smallest absolute Gasteiger partial charge is 0.231 e. The van der Waals surface area contributed by atoms with Crippen molar-refractivity contribution in [2.75, 3.05) is 18.5 Å². The average Bonchev–Trinajstić information content (AvgIpc) is 2.68. The number of rotatable bonds is 2. The summed E-state index contributed by atoms with van der Waals surface area (Å²) in [4.78, 5) is 12.0. The largest absolute Gasteiger partial charge is 0.379 e. The van der Waals surface area contributed by atoms with E-state index in [0.717, 1.165) is 14.6 Å². The molecule has 2 atom stereocenters. The van der Waals surface area contributed by atoms with Crippen molar-refractivity contribution in [1.29, 1.82) is 0 Å². The zero-order valence-electron chi connectivity index (χ0n) is 8.95. The first-order valence-electron chi connectivity index (χ1n) is 5.17. The number of hydrogen-bond acceptors (Lipinski definition) is 3. The number of carbonyl (C=O) groups is 1. The van der Waals surface area contributed by atoms with Gasteiger partial charge in [-0.15, -0.1) is 0 Å². The Hall–Kier alpha value is -0.430. The summed E-state index contributed by atoms with van der Waals surface area (Å²) in [6.45, 7) is 0.834.